The lowest BCUT2D eigenvalue weighted by Gasteiger charge is -2.32. The molecule has 1 fully saturated rings. The van der Waals surface area contributed by atoms with Gasteiger partial charge in [-0.2, -0.15) is 14.8 Å². The molecule has 1 amide bonds. The molecule has 2 aromatic heterocycles. The topological polar surface area (TPSA) is 123 Å². The van der Waals surface area contributed by atoms with Crippen LogP contribution in [0.1, 0.15) is 25.3 Å². The second-order valence-corrected chi connectivity index (χ2v) is 8.66. The van der Waals surface area contributed by atoms with Gasteiger partial charge in [0.15, 0.2) is 17.2 Å². The maximum atomic E-state index is 15.3. The van der Waals surface area contributed by atoms with Crippen LogP contribution in [0.25, 0.3) is 22.3 Å². The van der Waals surface area contributed by atoms with Crippen LogP contribution in [-0.2, 0) is 4.79 Å². The average Bonchev–Trinajstić information content (AvgIpc) is 3.28. The highest BCUT2D eigenvalue weighted by Crippen LogP contribution is 2.37. The molecule has 2 N–H and O–H groups in total. The van der Waals surface area contributed by atoms with Gasteiger partial charge in [-0.1, -0.05) is 0 Å². The summed E-state index contributed by atoms with van der Waals surface area (Å²) < 4.78 is 63.1. The molecule has 1 aliphatic rings. The van der Waals surface area contributed by atoms with Crippen molar-refractivity contribution < 1.29 is 27.1 Å². The number of piperidine rings is 1. The van der Waals surface area contributed by atoms with E-state index in [4.69, 9.17) is 15.7 Å². The summed E-state index contributed by atoms with van der Waals surface area (Å²) in [4.78, 5) is 22.2. The maximum absolute atomic E-state index is 15.3. The third-order valence-corrected chi connectivity index (χ3v) is 6.23. The first kappa shape index (κ1) is 24.9. The number of nitriles is 1. The van der Waals surface area contributed by atoms with E-state index in [2.05, 4.69) is 15.1 Å². The molecule has 1 unspecified atom stereocenters. The van der Waals surface area contributed by atoms with E-state index in [0.29, 0.717) is 42.6 Å². The SMILES string of the molecule is N#CCC(=O)N1CCCC(n2nc(-c3ccc(Oc4cc(F)cc(F)c4F)cc3F)c3c(N)ncnc32)C1. The smallest absolute Gasteiger partial charge is 0.236 e. The molecule has 1 saturated heterocycles. The Morgan fingerprint density at radius 1 is 1.16 bits per heavy atom. The van der Waals surface area contributed by atoms with Gasteiger partial charge in [0.2, 0.25) is 11.7 Å². The van der Waals surface area contributed by atoms with Gasteiger partial charge in [0, 0.05) is 36.9 Å². The van der Waals surface area contributed by atoms with Crippen molar-refractivity contribution in [3.05, 3.63) is 59.9 Å². The number of halogens is 4. The number of carbonyl (C=O) groups excluding carboxylic acids is 1. The van der Waals surface area contributed by atoms with E-state index in [1.165, 1.54) is 18.5 Å². The molecular weight excluding hydrogens is 506 g/mol. The van der Waals surface area contributed by atoms with Crippen LogP contribution in [0.4, 0.5) is 23.4 Å². The molecule has 5 rings (SSSR count). The van der Waals surface area contributed by atoms with E-state index in [1.807, 2.05) is 6.07 Å². The highest BCUT2D eigenvalue weighted by Gasteiger charge is 2.29. The van der Waals surface area contributed by atoms with E-state index in [1.54, 1.807) is 9.58 Å². The van der Waals surface area contributed by atoms with Crippen LogP contribution in [0.15, 0.2) is 36.7 Å². The summed E-state index contributed by atoms with van der Waals surface area (Å²) in [5.74, 6) is -5.93. The summed E-state index contributed by atoms with van der Waals surface area (Å²) in [7, 11) is 0. The summed E-state index contributed by atoms with van der Waals surface area (Å²) in [5.41, 5.74) is 6.58. The molecule has 38 heavy (non-hydrogen) atoms. The summed E-state index contributed by atoms with van der Waals surface area (Å²) in [5, 5.41) is 13.8. The third-order valence-electron chi connectivity index (χ3n) is 6.23. The maximum Gasteiger partial charge on any atom is 0.236 e. The van der Waals surface area contributed by atoms with Gasteiger partial charge in [-0.25, -0.2) is 27.8 Å². The Morgan fingerprint density at radius 2 is 1.97 bits per heavy atom. The minimum absolute atomic E-state index is 0.00159. The van der Waals surface area contributed by atoms with E-state index in [9.17, 15) is 18.0 Å². The minimum Gasteiger partial charge on any atom is -0.454 e. The Bertz CT molecular complexity index is 1600. The van der Waals surface area contributed by atoms with Gasteiger partial charge in [-0.05, 0) is 25.0 Å². The standard InChI is InChI=1S/C25H19F4N7O2/c26-13-8-18(28)22(29)19(9-13)38-15-3-4-16(17(27)10-15)23-21-24(31)32-12-33-25(21)36(34-23)14-2-1-7-35(11-14)20(37)5-6-30/h3-4,8-10,12,14H,1-2,5,7,11H2,(H2,31,32,33). The van der Waals surface area contributed by atoms with E-state index >= 15 is 4.39 Å². The largest absolute Gasteiger partial charge is 0.454 e. The number of rotatable bonds is 5. The molecule has 0 bridgehead atoms. The number of fused-ring (bicyclic) bond motifs is 1. The molecule has 0 spiro atoms. The first-order valence-corrected chi connectivity index (χ1v) is 11.5. The van der Waals surface area contributed by atoms with Gasteiger partial charge in [-0.15, -0.1) is 0 Å². The van der Waals surface area contributed by atoms with Crippen molar-refractivity contribution in [1.82, 2.24) is 24.6 Å². The Balaban J connectivity index is 1.52. The number of hydrogen-bond donors (Lipinski definition) is 1. The van der Waals surface area contributed by atoms with Crippen LogP contribution < -0.4 is 10.5 Å². The van der Waals surface area contributed by atoms with Crippen molar-refractivity contribution in [2.45, 2.75) is 25.3 Å². The highest BCUT2D eigenvalue weighted by molar-refractivity contribution is 5.98. The van der Waals surface area contributed by atoms with Crippen LogP contribution in [0.5, 0.6) is 11.5 Å². The first-order valence-electron chi connectivity index (χ1n) is 11.5. The molecule has 1 atom stereocenters. The number of aromatic nitrogens is 4. The lowest BCUT2D eigenvalue weighted by atomic mass is 10.1. The predicted molar refractivity (Wildman–Crippen MR) is 127 cm³/mol. The van der Waals surface area contributed by atoms with Crippen LogP contribution in [0.3, 0.4) is 0 Å². The molecule has 9 nitrogen and oxygen atoms in total. The van der Waals surface area contributed by atoms with Crippen LogP contribution >= 0.6 is 0 Å². The van der Waals surface area contributed by atoms with Crippen molar-refractivity contribution in [3.8, 4) is 28.8 Å². The highest BCUT2D eigenvalue weighted by atomic mass is 19.2. The fraction of sp³-hybridized carbons (Fsp3) is 0.240. The van der Waals surface area contributed by atoms with Crippen LogP contribution in [-0.4, -0.2) is 43.6 Å². The van der Waals surface area contributed by atoms with Crippen molar-refractivity contribution in [3.63, 3.8) is 0 Å². The fourth-order valence-corrected chi connectivity index (χ4v) is 4.48. The number of amides is 1. The van der Waals surface area contributed by atoms with Gasteiger partial charge in [-0.3, -0.25) is 4.79 Å². The summed E-state index contributed by atoms with van der Waals surface area (Å²) in [6, 6.07) is 6.07. The third kappa shape index (κ3) is 4.56. The minimum atomic E-state index is -1.44. The zero-order valence-electron chi connectivity index (χ0n) is 19.7. The zero-order valence-corrected chi connectivity index (χ0v) is 19.7. The number of likely N-dealkylation sites (tertiary alicyclic amines) is 1. The van der Waals surface area contributed by atoms with Crippen LogP contribution in [0.2, 0.25) is 0 Å². The van der Waals surface area contributed by atoms with Gasteiger partial charge in [0.05, 0.1) is 17.5 Å². The number of benzene rings is 2. The lowest BCUT2D eigenvalue weighted by molar-refractivity contribution is -0.131. The lowest BCUT2D eigenvalue weighted by Crippen LogP contribution is -2.40. The van der Waals surface area contributed by atoms with E-state index in [0.717, 1.165) is 6.07 Å². The molecule has 4 aromatic rings. The molecule has 1 aliphatic heterocycles. The van der Waals surface area contributed by atoms with Crippen molar-refractivity contribution in [2.75, 3.05) is 18.8 Å². The number of nitrogens with zero attached hydrogens (tertiary/aromatic N) is 6. The second-order valence-electron chi connectivity index (χ2n) is 8.66. The van der Waals surface area contributed by atoms with Crippen molar-refractivity contribution in [1.29, 1.82) is 5.26 Å². The Kier molecular flexibility index (Phi) is 6.54. The molecule has 2 aromatic carbocycles. The average molecular weight is 525 g/mol. The number of ether oxygens (including phenoxy) is 1. The Hall–Kier alpha value is -4.73. The normalized spacial score (nSPS) is 15.4. The number of nitrogens with two attached hydrogens (primary N) is 1. The molecule has 3 heterocycles. The Labute approximate surface area is 213 Å². The van der Waals surface area contributed by atoms with E-state index in [-0.39, 0.29) is 47.7 Å². The molecular formula is C25H19F4N7O2. The van der Waals surface area contributed by atoms with Crippen LogP contribution in [0, 0.1) is 34.6 Å². The number of carbonyl (C=O) groups is 1. The molecule has 0 radical (unpaired) electrons. The van der Waals surface area contributed by atoms with Gasteiger partial charge < -0.3 is 15.4 Å². The van der Waals surface area contributed by atoms with Crippen molar-refractivity contribution >= 4 is 22.8 Å². The zero-order chi connectivity index (χ0) is 27.0. The monoisotopic (exact) mass is 525 g/mol. The second kappa shape index (κ2) is 9.97. The predicted octanol–water partition coefficient (Wildman–Crippen LogP) is 4.50. The Morgan fingerprint density at radius 3 is 2.74 bits per heavy atom. The molecule has 0 aliphatic carbocycles. The van der Waals surface area contributed by atoms with Gasteiger partial charge in [0.1, 0.15) is 41.6 Å². The van der Waals surface area contributed by atoms with E-state index < -0.39 is 29.0 Å². The number of nitrogen functional groups attached to an aromatic ring is 1. The molecule has 0 saturated carbocycles. The fourth-order valence-electron chi connectivity index (χ4n) is 4.48. The molecule has 194 valence electrons. The first-order chi connectivity index (χ1) is 18.3. The molecule has 13 heteroatoms. The van der Waals surface area contributed by atoms with Gasteiger partial charge >= 0.3 is 0 Å². The quantitative estimate of drug-likeness (QED) is 0.301. The van der Waals surface area contributed by atoms with Crippen molar-refractivity contribution in [2.24, 2.45) is 0 Å². The number of hydrogen-bond acceptors (Lipinski definition) is 7. The summed E-state index contributed by atoms with van der Waals surface area (Å²) >= 11 is 0. The summed E-state index contributed by atoms with van der Waals surface area (Å²) in [6.07, 6.45) is 2.33. The number of anilines is 1. The van der Waals surface area contributed by atoms with Gasteiger partial charge in [0.25, 0.3) is 0 Å². The summed E-state index contributed by atoms with van der Waals surface area (Å²) in [6.45, 7) is 0.789.